The first-order chi connectivity index (χ1) is 9.74. The van der Waals surface area contributed by atoms with Crippen LogP contribution in [-0.2, 0) is 6.42 Å². The van der Waals surface area contributed by atoms with Gasteiger partial charge >= 0.3 is 0 Å². The first kappa shape index (κ1) is 15.0. The van der Waals surface area contributed by atoms with Crippen molar-refractivity contribution in [3.8, 4) is 0 Å². The predicted molar refractivity (Wildman–Crippen MR) is 88.1 cm³/mol. The molecule has 0 aliphatic rings. The van der Waals surface area contributed by atoms with E-state index in [1.807, 2.05) is 12.4 Å². The summed E-state index contributed by atoms with van der Waals surface area (Å²) in [4.78, 5) is 6.37. The molecule has 0 unspecified atom stereocenters. The Morgan fingerprint density at radius 3 is 2.45 bits per heavy atom. The van der Waals surface area contributed by atoms with Crippen molar-refractivity contribution in [2.24, 2.45) is 0 Å². The molecule has 0 spiro atoms. The van der Waals surface area contributed by atoms with Crippen LogP contribution in [0.1, 0.15) is 5.56 Å². The molecule has 1 N–H and O–H groups in total. The molecule has 20 heavy (non-hydrogen) atoms. The highest BCUT2D eigenvalue weighted by atomic mass is 79.9. The van der Waals surface area contributed by atoms with Gasteiger partial charge in [0.2, 0.25) is 0 Å². The zero-order chi connectivity index (χ0) is 14.2. The van der Waals surface area contributed by atoms with Crippen LogP contribution < -0.4 is 5.32 Å². The molecule has 4 heteroatoms. The molecule has 0 aliphatic heterocycles. The van der Waals surface area contributed by atoms with E-state index >= 15 is 0 Å². The van der Waals surface area contributed by atoms with E-state index in [1.54, 1.807) is 0 Å². The minimum atomic E-state index is 0.953. The van der Waals surface area contributed by atoms with Gasteiger partial charge in [-0.3, -0.25) is 4.98 Å². The van der Waals surface area contributed by atoms with Gasteiger partial charge in [0.15, 0.2) is 0 Å². The van der Waals surface area contributed by atoms with Gasteiger partial charge in [0.05, 0.1) is 0 Å². The van der Waals surface area contributed by atoms with Crippen LogP contribution in [0.3, 0.4) is 0 Å². The number of likely N-dealkylation sites (N-methyl/N-ethyl adjacent to an activating group) is 1. The van der Waals surface area contributed by atoms with Gasteiger partial charge in [0, 0.05) is 42.2 Å². The molecule has 3 nitrogen and oxygen atoms in total. The van der Waals surface area contributed by atoms with Gasteiger partial charge in [-0.2, -0.15) is 0 Å². The molecular weight excluding hydrogens is 314 g/mol. The molecule has 106 valence electrons. The van der Waals surface area contributed by atoms with E-state index in [4.69, 9.17) is 0 Å². The Morgan fingerprint density at radius 2 is 1.75 bits per heavy atom. The number of nitrogens with one attached hydrogen (secondary N) is 1. The topological polar surface area (TPSA) is 28.2 Å². The van der Waals surface area contributed by atoms with Crippen molar-refractivity contribution < 1.29 is 0 Å². The average Bonchev–Trinajstić information content (AvgIpc) is 2.48. The average molecular weight is 334 g/mol. The summed E-state index contributed by atoms with van der Waals surface area (Å²) in [6, 6.07) is 12.4. The molecule has 0 aliphatic carbocycles. The second kappa shape index (κ2) is 8.02. The van der Waals surface area contributed by atoms with Crippen molar-refractivity contribution in [2.45, 2.75) is 6.42 Å². The lowest BCUT2D eigenvalue weighted by atomic mass is 10.2. The number of benzene rings is 1. The zero-order valence-electron chi connectivity index (χ0n) is 11.7. The van der Waals surface area contributed by atoms with Gasteiger partial charge in [-0.05, 0) is 55.4 Å². The van der Waals surface area contributed by atoms with E-state index in [0.29, 0.717) is 0 Å². The third-order valence-electron chi connectivity index (χ3n) is 3.20. The highest BCUT2D eigenvalue weighted by molar-refractivity contribution is 9.10. The molecule has 0 atom stereocenters. The van der Waals surface area contributed by atoms with Crippen molar-refractivity contribution in [1.29, 1.82) is 0 Å². The molecule has 0 radical (unpaired) electrons. The summed E-state index contributed by atoms with van der Waals surface area (Å²) in [6.07, 6.45) is 4.77. The number of rotatable bonds is 7. The van der Waals surface area contributed by atoms with Gasteiger partial charge in [-0.1, -0.05) is 15.9 Å². The zero-order valence-corrected chi connectivity index (χ0v) is 13.3. The molecule has 2 rings (SSSR count). The summed E-state index contributed by atoms with van der Waals surface area (Å²) < 4.78 is 1.11. The smallest absolute Gasteiger partial charge is 0.0341 e. The first-order valence-electron chi connectivity index (χ1n) is 6.81. The SMILES string of the molecule is CN(CCNc1ccc(Br)cc1)CCc1ccncc1. The normalized spacial score (nSPS) is 10.8. The molecule has 1 aromatic heterocycles. The third-order valence-corrected chi connectivity index (χ3v) is 3.73. The van der Waals surface area contributed by atoms with Gasteiger partial charge in [-0.15, -0.1) is 0 Å². The predicted octanol–water partition coefficient (Wildman–Crippen LogP) is 3.43. The second-order valence-corrected chi connectivity index (χ2v) is 5.76. The Balaban J connectivity index is 1.65. The van der Waals surface area contributed by atoms with E-state index in [2.05, 4.69) is 74.6 Å². The fraction of sp³-hybridized carbons (Fsp3) is 0.312. The molecule has 1 heterocycles. The quantitative estimate of drug-likeness (QED) is 0.841. The third kappa shape index (κ3) is 5.31. The molecule has 0 fully saturated rings. The first-order valence-corrected chi connectivity index (χ1v) is 7.60. The molecule has 1 aromatic carbocycles. The molecule has 0 saturated carbocycles. The molecule has 2 aromatic rings. The van der Waals surface area contributed by atoms with Crippen LogP contribution >= 0.6 is 15.9 Å². The van der Waals surface area contributed by atoms with Crippen molar-refractivity contribution in [1.82, 2.24) is 9.88 Å². The summed E-state index contributed by atoms with van der Waals surface area (Å²) in [5, 5.41) is 3.43. The van der Waals surface area contributed by atoms with Crippen LogP contribution in [0.2, 0.25) is 0 Å². The summed E-state index contributed by atoms with van der Waals surface area (Å²) in [5.41, 5.74) is 2.50. The van der Waals surface area contributed by atoms with E-state index < -0.39 is 0 Å². The minimum absolute atomic E-state index is 0.953. The van der Waals surface area contributed by atoms with E-state index in [0.717, 1.165) is 36.2 Å². The Kier molecular flexibility index (Phi) is 6.02. The lowest BCUT2D eigenvalue weighted by Gasteiger charge is -2.17. The summed E-state index contributed by atoms with van der Waals surface area (Å²) >= 11 is 3.44. The highest BCUT2D eigenvalue weighted by Crippen LogP contribution is 2.13. The number of aromatic nitrogens is 1. The Bertz CT molecular complexity index is 499. The number of anilines is 1. The maximum absolute atomic E-state index is 4.03. The Hall–Kier alpha value is -1.39. The van der Waals surface area contributed by atoms with Crippen molar-refractivity contribution in [2.75, 3.05) is 32.0 Å². The van der Waals surface area contributed by atoms with Crippen LogP contribution in [0.25, 0.3) is 0 Å². The lowest BCUT2D eigenvalue weighted by molar-refractivity contribution is 0.351. The minimum Gasteiger partial charge on any atom is -0.384 e. The fourth-order valence-electron chi connectivity index (χ4n) is 1.94. The van der Waals surface area contributed by atoms with E-state index in [-0.39, 0.29) is 0 Å². The Labute approximate surface area is 129 Å². The molecule has 0 amide bonds. The van der Waals surface area contributed by atoms with Gasteiger partial charge in [0.25, 0.3) is 0 Å². The van der Waals surface area contributed by atoms with Crippen molar-refractivity contribution in [3.05, 3.63) is 58.8 Å². The summed E-state index contributed by atoms with van der Waals surface area (Å²) in [6.45, 7) is 3.04. The van der Waals surface area contributed by atoms with E-state index in [1.165, 1.54) is 5.56 Å². The largest absolute Gasteiger partial charge is 0.384 e. The van der Waals surface area contributed by atoms with E-state index in [9.17, 15) is 0 Å². The van der Waals surface area contributed by atoms with Crippen LogP contribution in [0, 0.1) is 0 Å². The summed E-state index contributed by atoms with van der Waals surface area (Å²) in [5.74, 6) is 0. The van der Waals surface area contributed by atoms with Crippen molar-refractivity contribution >= 4 is 21.6 Å². The number of nitrogens with zero attached hydrogens (tertiary/aromatic N) is 2. The molecule has 0 saturated heterocycles. The standard InChI is InChI=1S/C16H20BrN3/c1-20(12-8-14-6-9-18-10-7-14)13-11-19-16-4-2-15(17)3-5-16/h2-7,9-10,19H,8,11-13H2,1H3. The van der Waals surface area contributed by atoms with Gasteiger partial charge in [0.1, 0.15) is 0 Å². The van der Waals surface area contributed by atoms with Crippen molar-refractivity contribution in [3.63, 3.8) is 0 Å². The van der Waals surface area contributed by atoms with Gasteiger partial charge < -0.3 is 10.2 Å². The van der Waals surface area contributed by atoms with Crippen LogP contribution in [0.15, 0.2) is 53.3 Å². The number of pyridine rings is 1. The maximum Gasteiger partial charge on any atom is 0.0341 e. The molecule has 0 bridgehead atoms. The fourth-order valence-corrected chi connectivity index (χ4v) is 2.20. The second-order valence-electron chi connectivity index (χ2n) is 4.84. The Morgan fingerprint density at radius 1 is 1.05 bits per heavy atom. The maximum atomic E-state index is 4.03. The number of halogens is 1. The van der Waals surface area contributed by atoms with Crippen LogP contribution in [0.5, 0.6) is 0 Å². The van der Waals surface area contributed by atoms with Crippen LogP contribution in [0.4, 0.5) is 5.69 Å². The highest BCUT2D eigenvalue weighted by Gasteiger charge is 1.99. The monoisotopic (exact) mass is 333 g/mol. The summed E-state index contributed by atoms with van der Waals surface area (Å²) in [7, 11) is 2.16. The van der Waals surface area contributed by atoms with Gasteiger partial charge in [-0.25, -0.2) is 0 Å². The lowest BCUT2D eigenvalue weighted by Crippen LogP contribution is -2.27. The van der Waals surface area contributed by atoms with Crippen LogP contribution in [-0.4, -0.2) is 36.6 Å². The number of hydrogen-bond acceptors (Lipinski definition) is 3. The number of hydrogen-bond donors (Lipinski definition) is 1. The molecular formula is C16H20BrN3.